The van der Waals surface area contributed by atoms with Gasteiger partial charge in [-0.25, -0.2) is 4.98 Å². The molecule has 0 spiro atoms. The second-order valence-electron chi connectivity index (χ2n) is 7.55. The average Bonchev–Trinajstić information content (AvgIpc) is 3.11. The van der Waals surface area contributed by atoms with Gasteiger partial charge in [-0.3, -0.25) is 4.68 Å². The Hall–Kier alpha value is -2.75. The average molecular weight is 472 g/mol. The third-order valence-corrected chi connectivity index (χ3v) is 6.54. The van der Waals surface area contributed by atoms with Crippen LogP contribution in [0.25, 0.3) is 0 Å². The maximum absolute atomic E-state index is 10.6. The van der Waals surface area contributed by atoms with E-state index in [9.17, 15) is 4.55 Å². The SMILES string of the molecule is CC.Cc1nn(C)c(C)c1N[S+](O)c1ccc(NCc2ccc(N3CCOCC3)cc2)nc1. The lowest BCUT2D eigenvalue weighted by Crippen LogP contribution is -2.36. The molecule has 3 N–H and O–H groups in total. The summed E-state index contributed by atoms with van der Waals surface area (Å²) in [6.45, 7) is 12.0. The molecule has 1 atom stereocenters. The molecule has 3 aromatic rings. The van der Waals surface area contributed by atoms with E-state index in [0.29, 0.717) is 6.54 Å². The lowest BCUT2D eigenvalue weighted by molar-refractivity contribution is 0.122. The standard InChI is InChI=1S/C22H29N6O2S.C2H6/c1-16-22(17(2)27(3)25-16)26-31(29)20-8-9-21(24-15-20)23-14-18-4-6-19(7-5-18)28-10-12-30-13-11-28;1-2/h4-9,15,26,29H,10-14H2,1-3H3,(H,23,24);1-2H3/q+1;. The predicted octanol–water partition coefficient (Wildman–Crippen LogP) is 4.38. The van der Waals surface area contributed by atoms with E-state index in [4.69, 9.17) is 4.74 Å². The van der Waals surface area contributed by atoms with Crippen molar-refractivity contribution in [2.75, 3.05) is 41.2 Å². The smallest absolute Gasteiger partial charge is 0.305 e. The first kappa shape index (κ1) is 24.9. The fraction of sp³-hybridized carbons (Fsp3) is 0.417. The van der Waals surface area contributed by atoms with E-state index in [2.05, 4.69) is 49.3 Å². The van der Waals surface area contributed by atoms with Gasteiger partial charge >= 0.3 is 11.4 Å². The molecule has 9 heteroatoms. The number of nitrogens with one attached hydrogen (secondary N) is 2. The Kier molecular flexibility index (Phi) is 8.99. The molecule has 0 radical (unpaired) electrons. The van der Waals surface area contributed by atoms with E-state index < -0.39 is 11.4 Å². The summed E-state index contributed by atoms with van der Waals surface area (Å²) in [7, 11) is 1.89. The van der Waals surface area contributed by atoms with Crippen LogP contribution in [-0.4, -0.2) is 45.6 Å². The molecule has 0 amide bonds. The third kappa shape index (κ3) is 6.40. The molecule has 1 fully saturated rings. The molecule has 1 aromatic carbocycles. The summed E-state index contributed by atoms with van der Waals surface area (Å²) >= 11 is -1.15. The van der Waals surface area contributed by atoms with Crippen LogP contribution in [0.4, 0.5) is 17.2 Å². The van der Waals surface area contributed by atoms with Crippen LogP contribution >= 0.6 is 0 Å². The van der Waals surface area contributed by atoms with Crippen molar-refractivity contribution in [2.45, 2.75) is 39.1 Å². The molecule has 1 unspecified atom stereocenters. The van der Waals surface area contributed by atoms with Crippen LogP contribution in [0, 0.1) is 13.8 Å². The topological polar surface area (TPSA) is 87.5 Å². The van der Waals surface area contributed by atoms with E-state index in [1.807, 2.05) is 46.9 Å². The van der Waals surface area contributed by atoms with Gasteiger partial charge in [0.25, 0.3) is 0 Å². The Morgan fingerprint density at radius 3 is 2.33 bits per heavy atom. The molecule has 0 bridgehead atoms. The first-order chi connectivity index (χ1) is 16.0. The van der Waals surface area contributed by atoms with Gasteiger partial charge in [-0.15, -0.1) is 0 Å². The van der Waals surface area contributed by atoms with Crippen molar-refractivity contribution in [3.63, 3.8) is 0 Å². The van der Waals surface area contributed by atoms with Gasteiger partial charge in [0, 0.05) is 38.4 Å². The molecule has 2 aromatic heterocycles. The van der Waals surface area contributed by atoms with E-state index in [1.54, 1.807) is 10.9 Å². The summed E-state index contributed by atoms with van der Waals surface area (Å²) in [6.07, 6.45) is 1.70. The summed E-state index contributed by atoms with van der Waals surface area (Å²) in [6, 6.07) is 12.4. The highest BCUT2D eigenvalue weighted by molar-refractivity contribution is 7.92. The molecule has 8 nitrogen and oxygen atoms in total. The highest BCUT2D eigenvalue weighted by atomic mass is 32.2. The second-order valence-corrected chi connectivity index (χ2v) is 8.80. The highest BCUT2D eigenvalue weighted by Crippen LogP contribution is 2.23. The zero-order valence-electron chi connectivity index (χ0n) is 20.1. The van der Waals surface area contributed by atoms with E-state index in [0.717, 1.165) is 54.1 Å². The van der Waals surface area contributed by atoms with Gasteiger partial charge in [-0.2, -0.15) is 14.4 Å². The molecular formula is C24H35N6O2S+. The van der Waals surface area contributed by atoms with Crippen molar-refractivity contribution >= 4 is 28.6 Å². The minimum absolute atomic E-state index is 0.687. The summed E-state index contributed by atoms with van der Waals surface area (Å²) < 4.78 is 20.9. The van der Waals surface area contributed by atoms with Crippen molar-refractivity contribution in [3.05, 3.63) is 59.5 Å². The van der Waals surface area contributed by atoms with E-state index in [1.165, 1.54) is 11.3 Å². The summed E-state index contributed by atoms with van der Waals surface area (Å²) in [5.74, 6) is 0.770. The fourth-order valence-electron chi connectivity index (χ4n) is 3.51. The number of anilines is 3. The first-order valence-corrected chi connectivity index (χ1v) is 12.5. The van der Waals surface area contributed by atoms with Crippen molar-refractivity contribution in [3.8, 4) is 0 Å². The van der Waals surface area contributed by atoms with Crippen molar-refractivity contribution < 1.29 is 9.29 Å². The number of rotatable bonds is 7. The van der Waals surface area contributed by atoms with Gasteiger partial charge in [-0.1, -0.05) is 26.0 Å². The van der Waals surface area contributed by atoms with Gasteiger partial charge in [0.1, 0.15) is 11.5 Å². The normalized spacial score (nSPS) is 14.3. The van der Waals surface area contributed by atoms with Crippen LogP contribution in [0.15, 0.2) is 47.5 Å². The van der Waals surface area contributed by atoms with Gasteiger partial charge in [0.05, 0.1) is 30.8 Å². The van der Waals surface area contributed by atoms with Crippen LogP contribution < -0.4 is 14.9 Å². The van der Waals surface area contributed by atoms with Gasteiger partial charge in [0.15, 0.2) is 0 Å². The number of ether oxygens (including phenoxy) is 1. The highest BCUT2D eigenvalue weighted by Gasteiger charge is 2.25. The van der Waals surface area contributed by atoms with Crippen LogP contribution in [0.1, 0.15) is 30.8 Å². The van der Waals surface area contributed by atoms with E-state index >= 15 is 0 Å². The summed E-state index contributed by atoms with van der Waals surface area (Å²) in [5, 5.41) is 7.71. The fourth-order valence-corrected chi connectivity index (χ4v) is 4.47. The van der Waals surface area contributed by atoms with Gasteiger partial charge in [-0.05, 0) is 37.6 Å². The molecule has 0 aliphatic carbocycles. The third-order valence-electron chi connectivity index (χ3n) is 5.45. The number of hydrogen-bond donors (Lipinski definition) is 3. The molecule has 33 heavy (non-hydrogen) atoms. The monoisotopic (exact) mass is 471 g/mol. The zero-order valence-corrected chi connectivity index (χ0v) is 20.9. The van der Waals surface area contributed by atoms with Crippen molar-refractivity contribution in [1.82, 2.24) is 14.8 Å². The Bertz CT molecular complexity index is 1000. The Balaban J connectivity index is 0.00000149. The number of hydrogen-bond acceptors (Lipinski definition) is 7. The van der Waals surface area contributed by atoms with E-state index in [-0.39, 0.29) is 0 Å². The van der Waals surface area contributed by atoms with Crippen LogP contribution in [-0.2, 0) is 29.7 Å². The minimum Gasteiger partial charge on any atom is -0.378 e. The summed E-state index contributed by atoms with van der Waals surface area (Å²) in [5.41, 5.74) is 5.12. The largest absolute Gasteiger partial charge is 0.378 e. The molecule has 1 aliphatic rings. The Morgan fingerprint density at radius 1 is 1.06 bits per heavy atom. The summed E-state index contributed by atoms with van der Waals surface area (Å²) in [4.78, 5) is 7.52. The minimum atomic E-state index is -1.15. The molecule has 178 valence electrons. The molecule has 1 saturated heterocycles. The predicted molar refractivity (Wildman–Crippen MR) is 137 cm³/mol. The number of benzene rings is 1. The lowest BCUT2D eigenvalue weighted by Gasteiger charge is -2.28. The number of nitrogens with zero attached hydrogens (tertiary/aromatic N) is 4. The Labute approximate surface area is 199 Å². The molecular weight excluding hydrogens is 436 g/mol. The van der Waals surface area contributed by atoms with Crippen LogP contribution in [0.5, 0.6) is 0 Å². The maximum Gasteiger partial charge on any atom is 0.305 e. The van der Waals surface area contributed by atoms with Crippen LogP contribution in [0.2, 0.25) is 0 Å². The maximum atomic E-state index is 10.6. The number of aromatic nitrogens is 3. The van der Waals surface area contributed by atoms with Crippen LogP contribution in [0.3, 0.4) is 0 Å². The quantitative estimate of drug-likeness (QED) is 0.441. The van der Waals surface area contributed by atoms with Gasteiger partial charge in [0.2, 0.25) is 4.90 Å². The number of pyridine rings is 1. The Morgan fingerprint density at radius 2 is 1.76 bits per heavy atom. The first-order valence-electron chi connectivity index (χ1n) is 11.3. The lowest BCUT2D eigenvalue weighted by atomic mass is 10.2. The number of aryl methyl sites for hydroxylation is 2. The second kappa shape index (κ2) is 11.9. The molecule has 0 saturated carbocycles. The van der Waals surface area contributed by atoms with Crippen molar-refractivity contribution in [2.24, 2.45) is 7.05 Å². The van der Waals surface area contributed by atoms with Crippen molar-refractivity contribution in [1.29, 1.82) is 0 Å². The van der Waals surface area contributed by atoms with Gasteiger partial charge < -0.3 is 15.0 Å². The zero-order chi connectivity index (χ0) is 23.8. The number of morpholine rings is 1. The molecule has 3 heterocycles. The molecule has 4 rings (SSSR count). The molecule has 1 aliphatic heterocycles.